The van der Waals surface area contributed by atoms with Gasteiger partial charge in [-0.15, -0.1) is 0 Å². The molecule has 25 heavy (non-hydrogen) atoms. The van der Waals surface area contributed by atoms with E-state index in [9.17, 15) is 4.79 Å². The lowest BCUT2D eigenvalue weighted by molar-refractivity contribution is 0.0989. The Morgan fingerprint density at radius 1 is 0.840 bits per heavy atom. The molecule has 0 saturated carbocycles. The highest BCUT2D eigenvalue weighted by Gasteiger charge is 2.24. The number of benzene rings is 3. The summed E-state index contributed by atoms with van der Waals surface area (Å²) < 4.78 is 0. The van der Waals surface area contributed by atoms with E-state index in [0.717, 1.165) is 21.8 Å². The largest absolute Gasteiger partial charge is 0.333 e. The third kappa shape index (κ3) is 3.35. The van der Waals surface area contributed by atoms with E-state index >= 15 is 0 Å². The predicted molar refractivity (Wildman–Crippen MR) is 102 cm³/mol. The maximum Gasteiger partial charge on any atom is 0.180 e. The lowest BCUT2D eigenvalue weighted by atomic mass is 10.0. The van der Waals surface area contributed by atoms with Crippen LogP contribution >= 0.6 is 11.8 Å². The molecule has 0 aliphatic heterocycles. The molecular weight excluding hydrogens is 328 g/mol. The zero-order chi connectivity index (χ0) is 17.1. The first-order valence-corrected chi connectivity index (χ1v) is 8.95. The van der Waals surface area contributed by atoms with Gasteiger partial charge in [0, 0.05) is 5.56 Å². The topological polar surface area (TPSA) is 45.8 Å². The Labute approximate surface area is 150 Å². The number of hydrogen-bond donors (Lipinski definition) is 1. The van der Waals surface area contributed by atoms with Gasteiger partial charge in [-0.3, -0.25) is 4.79 Å². The minimum Gasteiger partial charge on any atom is -0.333 e. The SMILES string of the molecule is O=C(c1ccccc1)C(Sc1nc2ccccc2[nH]1)c1ccccc1. The van der Waals surface area contributed by atoms with Gasteiger partial charge >= 0.3 is 0 Å². The minimum absolute atomic E-state index is 0.0808. The Balaban J connectivity index is 1.71. The van der Waals surface area contributed by atoms with E-state index in [1.165, 1.54) is 11.8 Å². The zero-order valence-electron chi connectivity index (χ0n) is 13.4. The number of nitrogens with one attached hydrogen (secondary N) is 1. The average Bonchev–Trinajstić information content (AvgIpc) is 3.09. The van der Waals surface area contributed by atoms with Gasteiger partial charge in [0.2, 0.25) is 0 Å². The Hall–Kier alpha value is -2.85. The molecule has 4 heteroatoms. The second-order valence-corrected chi connectivity index (χ2v) is 6.79. The number of thioether (sulfide) groups is 1. The fraction of sp³-hybridized carbons (Fsp3) is 0.0476. The highest BCUT2D eigenvalue weighted by Crippen LogP contribution is 2.37. The third-order valence-corrected chi connectivity index (χ3v) is 5.13. The molecule has 0 aliphatic carbocycles. The molecule has 1 heterocycles. The van der Waals surface area contributed by atoms with E-state index in [0.29, 0.717) is 5.56 Å². The van der Waals surface area contributed by atoms with Crippen LogP contribution in [-0.2, 0) is 0 Å². The summed E-state index contributed by atoms with van der Waals surface area (Å²) in [6.45, 7) is 0. The van der Waals surface area contributed by atoms with Crippen molar-refractivity contribution in [2.45, 2.75) is 10.4 Å². The summed E-state index contributed by atoms with van der Waals surface area (Å²) in [5.41, 5.74) is 3.56. The normalized spacial score (nSPS) is 12.2. The number of carbonyl (C=O) groups excluding carboxylic acids is 1. The molecule has 4 aromatic rings. The minimum atomic E-state index is -0.343. The number of H-pyrrole nitrogens is 1. The van der Waals surface area contributed by atoms with Gasteiger partial charge in [0.1, 0.15) is 5.25 Å². The molecule has 0 fully saturated rings. The summed E-state index contributed by atoms with van der Waals surface area (Å²) >= 11 is 1.45. The number of ketones is 1. The first-order valence-electron chi connectivity index (χ1n) is 8.07. The van der Waals surface area contributed by atoms with E-state index in [4.69, 9.17) is 0 Å². The summed E-state index contributed by atoms with van der Waals surface area (Å²) in [7, 11) is 0. The van der Waals surface area contributed by atoms with Crippen LogP contribution in [0.4, 0.5) is 0 Å². The first-order chi connectivity index (χ1) is 12.3. The van der Waals surface area contributed by atoms with Crippen LogP contribution in [0.5, 0.6) is 0 Å². The lowest BCUT2D eigenvalue weighted by Crippen LogP contribution is -2.10. The molecule has 1 unspecified atom stereocenters. The van der Waals surface area contributed by atoms with E-state index in [1.54, 1.807) is 0 Å². The number of nitrogens with zero attached hydrogens (tertiary/aromatic N) is 1. The van der Waals surface area contributed by atoms with Crippen LogP contribution in [0.2, 0.25) is 0 Å². The van der Waals surface area contributed by atoms with Crippen LogP contribution < -0.4 is 0 Å². The smallest absolute Gasteiger partial charge is 0.180 e. The van der Waals surface area contributed by atoms with E-state index in [2.05, 4.69) is 9.97 Å². The average molecular weight is 344 g/mol. The lowest BCUT2D eigenvalue weighted by Gasteiger charge is -2.14. The van der Waals surface area contributed by atoms with Gasteiger partial charge in [0.25, 0.3) is 0 Å². The van der Waals surface area contributed by atoms with Gasteiger partial charge in [-0.1, -0.05) is 84.6 Å². The van der Waals surface area contributed by atoms with Crippen molar-refractivity contribution in [3.05, 3.63) is 96.1 Å². The number of aromatic nitrogens is 2. The number of imidazole rings is 1. The van der Waals surface area contributed by atoms with E-state index < -0.39 is 0 Å². The summed E-state index contributed by atoms with van der Waals surface area (Å²) in [6.07, 6.45) is 0. The van der Waals surface area contributed by atoms with Crippen LogP contribution in [0.25, 0.3) is 11.0 Å². The third-order valence-electron chi connectivity index (χ3n) is 4.00. The summed E-state index contributed by atoms with van der Waals surface area (Å²) in [5, 5.41) is 0.406. The number of carbonyl (C=O) groups is 1. The number of rotatable bonds is 5. The van der Waals surface area contributed by atoms with Gasteiger partial charge < -0.3 is 4.98 Å². The summed E-state index contributed by atoms with van der Waals surface area (Å²) in [6, 6.07) is 27.1. The molecule has 0 radical (unpaired) electrons. The van der Waals surface area contributed by atoms with Crippen LogP contribution in [0.15, 0.2) is 90.1 Å². The Morgan fingerprint density at radius 3 is 2.20 bits per heavy atom. The molecule has 0 spiro atoms. The molecular formula is C21H16N2OS. The second-order valence-electron chi connectivity index (χ2n) is 5.70. The Kier molecular flexibility index (Phi) is 4.36. The van der Waals surface area contributed by atoms with Crippen molar-refractivity contribution in [2.24, 2.45) is 0 Å². The van der Waals surface area contributed by atoms with Crippen molar-refractivity contribution < 1.29 is 4.79 Å². The molecule has 3 nitrogen and oxygen atoms in total. The standard InChI is InChI=1S/C21H16N2OS/c24-19(15-9-3-1-4-10-15)20(16-11-5-2-6-12-16)25-21-22-17-13-7-8-14-18(17)23-21/h1-14,20H,(H,22,23). The van der Waals surface area contributed by atoms with Crippen molar-refractivity contribution in [2.75, 3.05) is 0 Å². The number of fused-ring (bicyclic) bond motifs is 1. The molecule has 0 bridgehead atoms. The zero-order valence-corrected chi connectivity index (χ0v) is 14.2. The van der Waals surface area contributed by atoms with E-state index in [-0.39, 0.29) is 11.0 Å². The monoisotopic (exact) mass is 344 g/mol. The highest BCUT2D eigenvalue weighted by atomic mass is 32.2. The van der Waals surface area contributed by atoms with Gasteiger partial charge in [0.05, 0.1) is 11.0 Å². The number of aromatic amines is 1. The molecule has 0 aliphatic rings. The number of Topliss-reactive ketones (excluding diaryl/α,β-unsaturated/α-hetero) is 1. The van der Waals surface area contributed by atoms with Crippen LogP contribution in [0.1, 0.15) is 21.2 Å². The molecule has 0 amide bonds. The van der Waals surface area contributed by atoms with E-state index in [1.807, 2.05) is 84.9 Å². The fourth-order valence-electron chi connectivity index (χ4n) is 2.75. The number of hydrogen-bond acceptors (Lipinski definition) is 3. The molecule has 122 valence electrons. The molecule has 4 rings (SSSR count). The molecule has 1 atom stereocenters. The highest BCUT2D eigenvalue weighted by molar-refractivity contribution is 8.00. The van der Waals surface area contributed by atoms with Crippen LogP contribution in [-0.4, -0.2) is 15.8 Å². The van der Waals surface area contributed by atoms with Crippen LogP contribution in [0.3, 0.4) is 0 Å². The molecule has 0 saturated heterocycles. The predicted octanol–water partition coefficient (Wildman–Crippen LogP) is 5.28. The molecule has 1 N–H and O–H groups in total. The Morgan fingerprint density at radius 2 is 1.48 bits per heavy atom. The van der Waals surface area contributed by atoms with Gasteiger partial charge in [-0.05, 0) is 17.7 Å². The summed E-state index contributed by atoms with van der Waals surface area (Å²) in [5.74, 6) is 0.0808. The van der Waals surface area contributed by atoms with Gasteiger partial charge in [-0.2, -0.15) is 0 Å². The van der Waals surface area contributed by atoms with Gasteiger partial charge in [-0.25, -0.2) is 4.98 Å². The maximum atomic E-state index is 13.1. The van der Waals surface area contributed by atoms with Crippen molar-refractivity contribution >= 4 is 28.6 Å². The fourth-order valence-corrected chi connectivity index (χ4v) is 3.83. The first kappa shape index (κ1) is 15.7. The summed E-state index contributed by atoms with van der Waals surface area (Å²) in [4.78, 5) is 21.0. The molecule has 3 aromatic carbocycles. The maximum absolute atomic E-state index is 13.1. The van der Waals surface area contributed by atoms with Crippen LogP contribution in [0, 0.1) is 0 Å². The Bertz CT molecular complexity index is 963. The van der Waals surface area contributed by atoms with Gasteiger partial charge in [0.15, 0.2) is 10.9 Å². The second kappa shape index (κ2) is 6.95. The number of para-hydroxylation sites is 2. The van der Waals surface area contributed by atoms with Crippen molar-refractivity contribution in [1.82, 2.24) is 9.97 Å². The quantitative estimate of drug-likeness (QED) is 0.396. The van der Waals surface area contributed by atoms with Crippen molar-refractivity contribution in [3.8, 4) is 0 Å². The molecule has 1 aromatic heterocycles. The van der Waals surface area contributed by atoms with Crippen molar-refractivity contribution in [3.63, 3.8) is 0 Å². The van der Waals surface area contributed by atoms with Crippen molar-refractivity contribution in [1.29, 1.82) is 0 Å².